The van der Waals surface area contributed by atoms with Crippen molar-refractivity contribution in [2.45, 2.75) is 95.3 Å². The lowest BCUT2D eigenvalue weighted by Gasteiger charge is -2.34. The van der Waals surface area contributed by atoms with Gasteiger partial charge in [-0.05, 0) is 81.0 Å². The summed E-state index contributed by atoms with van der Waals surface area (Å²) in [6.45, 7) is 5.05. The number of alkyl halides is 3. The van der Waals surface area contributed by atoms with Crippen molar-refractivity contribution in [2.24, 2.45) is 17.8 Å². The maximum atomic E-state index is 14.5. The van der Waals surface area contributed by atoms with Crippen LogP contribution in [0.2, 0.25) is 0 Å². The van der Waals surface area contributed by atoms with E-state index in [-0.39, 0.29) is 36.6 Å². The third kappa shape index (κ3) is 8.01. The van der Waals surface area contributed by atoms with Crippen molar-refractivity contribution < 1.29 is 46.6 Å². The van der Waals surface area contributed by atoms with Crippen molar-refractivity contribution in [1.82, 2.24) is 25.8 Å². The van der Waals surface area contributed by atoms with Gasteiger partial charge in [0.25, 0.3) is 0 Å². The number of rotatable bonds is 6. The van der Waals surface area contributed by atoms with E-state index in [0.29, 0.717) is 36.8 Å². The van der Waals surface area contributed by atoms with Gasteiger partial charge in [-0.25, -0.2) is 9.78 Å². The standard InChI is InChI=1S/C36H46F3N5O7/c1-20-9-7-8-10-23-18-35(23,32(47)40-5)43-29(45)27-17-25(50-30-26-12-11-24(49-6)16-22(26)13-14-41-30)19-44(27)31(46)28(21(2)15-20)42-33(48)51-34(3,4)36(37,38)39/h8,10-14,16,20-21,23,25,27-28H,7,9,15,17-19H2,1-6H3,(H,40,47)(H,42,48)(H,43,45)/b10-8-/t20-,21+,23+,25+,27-,28-,35+/m0/s1. The summed E-state index contributed by atoms with van der Waals surface area (Å²) in [6.07, 6.45) is 0.631. The molecule has 0 radical (unpaired) electrons. The molecule has 4 amide bonds. The van der Waals surface area contributed by atoms with E-state index in [0.717, 1.165) is 19.2 Å². The average molecular weight is 718 g/mol. The summed E-state index contributed by atoms with van der Waals surface area (Å²) in [6, 6.07) is 4.65. The summed E-state index contributed by atoms with van der Waals surface area (Å²) in [7, 11) is 3.04. The highest BCUT2D eigenvalue weighted by atomic mass is 19.4. The van der Waals surface area contributed by atoms with E-state index in [4.69, 9.17) is 14.2 Å². The predicted molar refractivity (Wildman–Crippen MR) is 181 cm³/mol. The second kappa shape index (κ2) is 14.6. The van der Waals surface area contributed by atoms with E-state index in [1.165, 1.54) is 11.9 Å². The fraction of sp³-hybridized carbons (Fsp3) is 0.583. The maximum Gasteiger partial charge on any atom is 0.427 e. The Morgan fingerprint density at radius 1 is 1.12 bits per heavy atom. The monoisotopic (exact) mass is 717 g/mol. The molecule has 1 aromatic carbocycles. The van der Waals surface area contributed by atoms with Crippen LogP contribution in [0.4, 0.5) is 18.0 Å². The number of allylic oxidation sites excluding steroid dienone is 1. The zero-order valence-corrected chi connectivity index (χ0v) is 29.6. The fourth-order valence-corrected chi connectivity index (χ4v) is 6.99. The number of halogens is 3. The first-order chi connectivity index (χ1) is 24.0. The normalized spacial score (nSPS) is 29.4. The van der Waals surface area contributed by atoms with Crippen LogP contribution >= 0.6 is 0 Å². The number of hydrogen-bond donors (Lipinski definition) is 3. The molecule has 5 rings (SSSR count). The molecule has 7 atom stereocenters. The zero-order valence-electron chi connectivity index (χ0n) is 29.6. The highest BCUT2D eigenvalue weighted by molar-refractivity contribution is 5.98. The van der Waals surface area contributed by atoms with Crippen LogP contribution in [0.3, 0.4) is 0 Å². The Labute approximate surface area is 294 Å². The lowest BCUT2D eigenvalue weighted by molar-refractivity contribution is -0.244. The molecule has 3 N–H and O–H groups in total. The Hall–Kier alpha value is -4.56. The van der Waals surface area contributed by atoms with Crippen LogP contribution in [0.15, 0.2) is 42.6 Å². The van der Waals surface area contributed by atoms with Crippen molar-refractivity contribution >= 4 is 34.6 Å². The Balaban J connectivity index is 1.50. The number of amides is 4. The summed E-state index contributed by atoms with van der Waals surface area (Å²) in [5, 5.41) is 9.41. The lowest BCUT2D eigenvalue weighted by atomic mass is 9.88. The summed E-state index contributed by atoms with van der Waals surface area (Å²) < 4.78 is 57.3. The highest BCUT2D eigenvalue weighted by Gasteiger charge is 2.61. The minimum Gasteiger partial charge on any atom is -0.497 e. The first-order valence-corrected chi connectivity index (χ1v) is 17.2. The van der Waals surface area contributed by atoms with Crippen molar-refractivity contribution in [3.63, 3.8) is 0 Å². The van der Waals surface area contributed by atoms with Crippen molar-refractivity contribution in [3.8, 4) is 11.6 Å². The van der Waals surface area contributed by atoms with Gasteiger partial charge in [-0.1, -0.05) is 26.0 Å². The molecule has 15 heteroatoms. The molecule has 2 aliphatic heterocycles. The van der Waals surface area contributed by atoms with Crippen LogP contribution in [-0.4, -0.2) is 89.9 Å². The smallest absolute Gasteiger partial charge is 0.427 e. The quantitative estimate of drug-likeness (QED) is 0.366. The van der Waals surface area contributed by atoms with Crippen molar-refractivity contribution in [3.05, 3.63) is 42.6 Å². The second-order valence-electron chi connectivity index (χ2n) is 14.4. The molecule has 2 fully saturated rings. The summed E-state index contributed by atoms with van der Waals surface area (Å²) in [4.78, 5) is 60.5. The molecule has 0 spiro atoms. The van der Waals surface area contributed by atoms with Gasteiger partial charge in [0.1, 0.15) is 29.5 Å². The van der Waals surface area contributed by atoms with Gasteiger partial charge < -0.3 is 35.1 Å². The van der Waals surface area contributed by atoms with E-state index in [9.17, 15) is 32.3 Å². The average Bonchev–Trinajstić information content (AvgIpc) is 3.60. The number of pyridine rings is 1. The zero-order chi connectivity index (χ0) is 37.3. The number of aromatic nitrogens is 1. The Morgan fingerprint density at radius 2 is 1.86 bits per heavy atom. The van der Waals surface area contributed by atoms with Crippen LogP contribution in [0.1, 0.15) is 59.8 Å². The number of likely N-dealkylation sites (N-methyl/N-ethyl adjacent to an activating group) is 1. The largest absolute Gasteiger partial charge is 0.497 e. The van der Waals surface area contributed by atoms with E-state index in [2.05, 4.69) is 20.9 Å². The molecule has 12 nitrogen and oxygen atoms in total. The highest BCUT2D eigenvalue weighted by Crippen LogP contribution is 2.45. The van der Waals surface area contributed by atoms with Crippen LogP contribution in [0.25, 0.3) is 10.8 Å². The number of nitrogens with one attached hydrogen (secondary N) is 3. The molecule has 51 heavy (non-hydrogen) atoms. The van der Waals surface area contributed by atoms with E-state index < -0.39 is 59.3 Å². The van der Waals surface area contributed by atoms with Gasteiger partial charge in [0, 0.05) is 31.0 Å². The number of nitrogens with zero attached hydrogens (tertiary/aromatic N) is 2. The van der Waals surface area contributed by atoms with Gasteiger partial charge in [0.05, 0.1) is 13.7 Å². The number of fused-ring (bicyclic) bond motifs is 3. The summed E-state index contributed by atoms with van der Waals surface area (Å²) >= 11 is 0. The lowest BCUT2D eigenvalue weighted by Crippen LogP contribution is -2.59. The third-order valence-electron chi connectivity index (χ3n) is 10.2. The first kappa shape index (κ1) is 37.7. The predicted octanol–water partition coefficient (Wildman–Crippen LogP) is 4.66. The van der Waals surface area contributed by atoms with Crippen molar-refractivity contribution in [1.29, 1.82) is 0 Å². The maximum absolute atomic E-state index is 14.5. The Morgan fingerprint density at radius 3 is 2.55 bits per heavy atom. The molecule has 0 unspecified atom stereocenters. The van der Waals surface area contributed by atoms with Crippen LogP contribution in [-0.2, 0) is 19.1 Å². The van der Waals surface area contributed by atoms with Crippen molar-refractivity contribution in [2.75, 3.05) is 20.7 Å². The number of alkyl carbamates (subject to hydrolysis) is 1. The number of benzene rings is 1. The van der Waals surface area contributed by atoms with Crippen LogP contribution < -0.4 is 25.4 Å². The number of carbonyl (C=O) groups excluding carboxylic acids is 4. The van der Waals surface area contributed by atoms with Crippen LogP contribution in [0, 0.1) is 17.8 Å². The van der Waals surface area contributed by atoms with Gasteiger partial charge in [0.2, 0.25) is 29.2 Å². The molecular formula is C36H46F3N5O7. The number of carbonyl (C=O) groups is 4. The fourth-order valence-electron chi connectivity index (χ4n) is 6.99. The Bertz CT molecular complexity index is 1680. The molecule has 1 saturated carbocycles. The topological polar surface area (TPSA) is 148 Å². The Kier molecular flexibility index (Phi) is 10.8. The first-order valence-electron chi connectivity index (χ1n) is 17.2. The van der Waals surface area contributed by atoms with Gasteiger partial charge in [0.15, 0.2) is 0 Å². The second-order valence-corrected chi connectivity index (χ2v) is 14.4. The van der Waals surface area contributed by atoms with Crippen LogP contribution in [0.5, 0.6) is 11.6 Å². The molecule has 3 aliphatic rings. The molecule has 1 saturated heterocycles. The number of ether oxygens (including phenoxy) is 3. The minimum absolute atomic E-state index is 0.0131. The van der Waals surface area contributed by atoms with E-state index in [1.807, 2.05) is 25.1 Å². The number of hydrogen-bond acceptors (Lipinski definition) is 8. The summed E-state index contributed by atoms with van der Waals surface area (Å²) in [5.41, 5.74) is -4.04. The third-order valence-corrected chi connectivity index (χ3v) is 10.2. The van der Waals surface area contributed by atoms with E-state index >= 15 is 0 Å². The van der Waals surface area contributed by atoms with Gasteiger partial charge in [-0.2, -0.15) is 13.2 Å². The SMILES string of the molecule is CNC(=O)[C@@]12C[C@H]1/C=C\CC[C@H](C)C[C@@H](C)[C@H](NC(=O)OC(C)(C)C(F)(F)F)C(=O)N1C[C@H](Oc3nccc4cc(OC)ccc34)C[C@H]1C(=O)N2. The number of methoxy groups -OCH3 is 1. The van der Waals surface area contributed by atoms with E-state index in [1.54, 1.807) is 38.4 Å². The summed E-state index contributed by atoms with van der Waals surface area (Å²) in [5.74, 6) is -1.52. The minimum atomic E-state index is -4.87. The molecule has 0 bridgehead atoms. The van der Waals surface area contributed by atoms with Gasteiger partial charge in [-0.3, -0.25) is 14.4 Å². The molecule has 2 aromatic rings. The molecule has 3 heterocycles. The molecular weight excluding hydrogens is 671 g/mol. The molecule has 1 aliphatic carbocycles. The van der Waals surface area contributed by atoms with Gasteiger partial charge in [-0.15, -0.1) is 0 Å². The molecule has 278 valence electrons. The molecule has 1 aromatic heterocycles. The van der Waals surface area contributed by atoms with Gasteiger partial charge >= 0.3 is 12.3 Å².